The van der Waals surface area contributed by atoms with Crippen LogP contribution in [0.5, 0.6) is 0 Å². The summed E-state index contributed by atoms with van der Waals surface area (Å²) in [6.07, 6.45) is 11.2. The van der Waals surface area contributed by atoms with Crippen molar-refractivity contribution in [1.29, 1.82) is 0 Å². The third-order valence-corrected chi connectivity index (χ3v) is 7.83. The van der Waals surface area contributed by atoms with Crippen LogP contribution in [-0.2, 0) is 20.0 Å². The Kier molecular flexibility index (Phi) is 18.3. The van der Waals surface area contributed by atoms with Gasteiger partial charge in [-0.15, -0.1) is 0 Å². The summed E-state index contributed by atoms with van der Waals surface area (Å²) in [6.45, 7) is 6.77. The molecule has 33 heavy (non-hydrogen) atoms. The van der Waals surface area contributed by atoms with E-state index in [0.717, 1.165) is 44.3 Å². The van der Waals surface area contributed by atoms with Crippen molar-refractivity contribution in [2.24, 2.45) is 11.5 Å². The molecule has 0 saturated carbocycles. The van der Waals surface area contributed by atoms with E-state index in [1.165, 1.54) is 32.1 Å². The normalized spacial score (nSPS) is 13.5. The summed E-state index contributed by atoms with van der Waals surface area (Å²) in [5.41, 5.74) is 12.5. The molecular weight excluding hydrogens is 457 g/mol. The number of hydrogen-bond acceptors (Lipinski definition) is 6. The highest BCUT2D eigenvalue weighted by Gasteiger charge is 2.25. The largest absolute Gasteiger partial charge is 0.331 e. The lowest BCUT2D eigenvalue weighted by atomic mass is 10.1. The highest BCUT2D eigenvalue weighted by molar-refractivity contribution is 7.53. The van der Waals surface area contributed by atoms with Crippen LogP contribution in [0.1, 0.15) is 70.3 Å². The molecule has 0 fully saturated rings. The molecule has 8 heteroatoms. The Morgan fingerprint density at radius 1 is 0.818 bits per heavy atom. The number of hydrogen-bond donors (Lipinski definition) is 2. The first-order chi connectivity index (χ1) is 16.0. The van der Waals surface area contributed by atoms with Crippen molar-refractivity contribution >= 4 is 19.2 Å². The van der Waals surface area contributed by atoms with Gasteiger partial charge in [0.05, 0.1) is 19.4 Å². The van der Waals surface area contributed by atoms with E-state index in [2.05, 4.69) is 11.8 Å². The van der Waals surface area contributed by atoms with Gasteiger partial charge in [-0.05, 0) is 69.6 Å². The molecule has 1 unspecified atom stereocenters. The number of unbranched alkanes of at least 4 members (excludes halogenated alkanes) is 6. The van der Waals surface area contributed by atoms with Gasteiger partial charge in [0.1, 0.15) is 0 Å². The molecule has 6 nitrogen and oxygen atoms in total. The van der Waals surface area contributed by atoms with Gasteiger partial charge in [0.2, 0.25) is 0 Å². The van der Waals surface area contributed by atoms with Gasteiger partial charge in [0, 0.05) is 11.6 Å². The van der Waals surface area contributed by atoms with Crippen molar-refractivity contribution < 1.29 is 13.6 Å². The molecule has 0 saturated heterocycles. The summed E-state index contributed by atoms with van der Waals surface area (Å²) >= 11 is 5.96. The standard InChI is InChI=1S/C25H47ClN3O3P/c1-2-3-4-5-6-7-8-21-31-33(30,23-20-29(18-9-16-27)19-10-17-28)32-22-15-24-11-13-25(26)14-12-24/h11-14H,2-10,15-23,27-28H2,1H3. The highest BCUT2D eigenvalue weighted by atomic mass is 35.5. The van der Waals surface area contributed by atoms with Crippen molar-refractivity contribution in [2.75, 3.05) is 52.1 Å². The second kappa shape index (κ2) is 19.8. The lowest BCUT2D eigenvalue weighted by molar-refractivity contribution is 0.196. The summed E-state index contributed by atoms with van der Waals surface area (Å²) in [7, 11) is -3.18. The average Bonchev–Trinajstić information content (AvgIpc) is 2.82. The molecule has 1 aromatic rings. The third kappa shape index (κ3) is 15.9. The van der Waals surface area contributed by atoms with Crippen molar-refractivity contribution in [2.45, 2.75) is 71.1 Å². The zero-order chi connectivity index (χ0) is 24.2. The van der Waals surface area contributed by atoms with Gasteiger partial charge < -0.3 is 25.4 Å². The van der Waals surface area contributed by atoms with Crippen LogP contribution in [0.25, 0.3) is 0 Å². The Bertz CT molecular complexity index is 626. The maximum Gasteiger partial charge on any atom is 0.331 e. The first-order valence-electron chi connectivity index (χ1n) is 12.8. The van der Waals surface area contributed by atoms with Crippen LogP contribution < -0.4 is 11.5 Å². The molecule has 1 aromatic carbocycles. The number of nitrogens with two attached hydrogens (primary N) is 2. The summed E-state index contributed by atoms with van der Waals surface area (Å²) < 4.78 is 25.4. The fraction of sp³-hybridized carbons (Fsp3) is 0.760. The number of rotatable bonds is 22. The lowest BCUT2D eigenvalue weighted by Gasteiger charge is -2.25. The summed E-state index contributed by atoms with van der Waals surface area (Å²) in [5, 5.41) is 0.707. The van der Waals surface area contributed by atoms with Gasteiger partial charge in [-0.1, -0.05) is 69.2 Å². The summed E-state index contributed by atoms with van der Waals surface area (Å²) in [4.78, 5) is 2.27. The fourth-order valence-corrected chi connectivity index (χ4v) is 5.38. The Hall–Kier alpha value is -0.460. The van der Waals surface area contributed by atoms with Crippen molar-refractivity contribution in [3.8, 4) is 0 Å². The molecule has 0 spiro atoms. The van der Waals surface area contributed by atoms with E-state index in [1.54, 1.807) is 0 Å². The van der Waals surface area contributed by atoms with Crippen LogP contribution >= 0.6 is 19.2 Å². The lowest BCUT2D eigenvalue weighted by Crippen LogP contribution is -2.31. The molecule has 0 aliphatic rings. The minimum Gasteiger partial charge on any atom is -0.330 e. The first kappa shape index (κ1) is 30.6. The fourth-order valence-electron chi connectivity index (χ4n) is 3.61. The van der Waals surface area contributed by atoms with Gasteiger partial charge in [-0.2, -0.15) is 0 Å². The third-order valence-electron chi connectivity index (χ3n) is 5.67. The van der Waals surface area contributed by atoms with E-state index < -0.39 is 7.60 Å². The predicted octanol–water partition coefficient (Wildman–Crippen LogP) is 5.86. The minimum absolute atomic E-state index is 0.363. The maximum atomic E-state index is 13.5. The topological polar surface area (TPSA) is 90.8 Å². The molecule has 0 heterocycles. The van der Waals surface area contributed by atoms with E-state index in [-0.39, 0.29) is 0 Å². The average molecular weight is 504 g/mol. The van der Waals surface area contributed by atoms with Gasteiger partial charge in [-0.3, -0.25) is 4.57 Å². The molecule has 0 radical (unpaired) electrons. The number of benzene rings is 1. The Balaban J connectivity index is 2.55. The van der Waals surface area contributed by atoms with Crippen molar-refractivity contribution in [1.82, 2.24) is 4.90 Å². The van der Waals surface area contributed by atoms with Crippen LogP contribution in [0, 0.1) is 0 Å². The van der Waals surface area contributed by atoms with Crippen molar-refractivity contribution in [3.05, 3.63) is 34.9 Å². The van der Waals surface area contributed by atoms with E-state index >= 15 is 0 Å². The zero-order valence-electron chi connectivity index (χ0n) is 20.7. The van der Waals surface area contributed by atoms with Crippen LogP contribution in [0.4, 0.5) is 0 Å². The van der Waals surface area contributed by atoms with Gasteiger partial charge in [0.25, 0.3) is 0 Å². The predicted molar refractivity (Wildman–Crippen MR) is 141 cm³/mol. The number of halogens is 1. The minimum atomic E-state index is -3.18. The Morgan fingerprint density at radius 2 is 1.39 bits per heavy atom. The molecule has 1 rings (SSSR count). The summed E-state index contributed by atoms with van der Waals surface area (Å²) in [6, 6.07) is 7.66. The molecule has 0 aliphatic carbocycles. The molecule has 4 N–H and O–H groups in total. The molecule has 0 aromatic heterocycles. The van der Waals surface area contributed by atoms with Crippen LogP contribution in [0.2, 0.25) is 5.02 Å². The second-order valence-electron chi connectivity index (χ2n) is 8.62. The van der Waals surface area contributed by atoms with E-state index in [1.807, 2.05) is 24.3 Å². The Morgan fingerprint density at radius 3 is 2.00 bits per heavy atom. The summed E-state index contributed by atoms with van der Waals surface area (Å²) in [5.74, 6) is 0. The van der Waals surface area contributed by atoms with E-state index in [9.17, 15) is 4.57 Å². The SMILES string of the molecule is CCCCCCCCCOP(=O)(CCN(CCCN)CCCN)OCCc1ccc(Cl)cc1. The zero-order valence-corrected chi connectivity index (χ0v) is 22.3. The number of nitrogens with zero attached hydrogens (tertiary/aromatic N) is 1. The first-order valence-corrected chi connectivity index (χ1v) is 14.9. The second-order valence-corrected chi connectivity index (χ2v) is 11.2. The van der Waals surface area contributed by atoms with E-state index in [4.69, 9.17) is 32.1 Å². The van der Waals surface area contributed by atoms with Gasteiger partial charge in [0.15, 0.2) is 0 Å². The molecule has 1 atom stereocenters. The van der Waals surface area contributed by atoms with Gasteiger partial charge >= 0.3 is 7.60 Å². The molecular formula is C25H47ClN3O3P. The molecule has 192 valence electrons. The maximum absolute atomic E-state index is 13.5. The Labute approximate surface area is 207 Å². The highest BCUT2D eigenvalue weighted by Crippen LogP contribution is 2.48. The van der Waals surface area contributed by atoms with Crippen LogP contribution in [-0.4, -0.2) is 57.0 Å². The molecule has 0 amide bonds. The van der Waals surface area contributed by atoms with Crippen LogP contribution in [0.15, 0.2) is 24.3 Å². The van der Waals surface area contributed by atoms with Crippen LogP contribution in [0.3, 0.4) is 0 Å². The van der Waals surface area contributed by atoms with Crippen molar-refractivity contribution in [3.63, 3.8) is 0 Å². The monoisotopic (exact) mass is 503 g/mol. The smallest absolute Gasteiger partial charge is 0.330 e. The van der Waals surface area contributed by atoms with Gasteiger partial charge in [-0.25, -0.2) is 0 Å². The quantitative estimate of drug-likeness (QED) is 0.152. The van der Waals surface area contributed by atoms with E-state index in [0.29, 0.717) is 50.5 Å². The molecule has 0 bridgehead atoms. The molecule has 0 aliphatic heterocycles.